The van der Waals surface area contributed by atoms with Crippen LogP contribution in [0.2, 0.25) is 0 Å². The van der Waals surface area contributed by atoms with Gasteiger partial charge in [0.25, 0.3) is 5.91 Å². The number of hydrogen-bond donors (Lipinski definition) is 3. The first kappa shape index (κ1) is 24.7. The molecule has 29 heavy (non-hydrogen) atoms. The highest BCUT2D eigenvalue weighted by atomic mass is 127. The lowest BCUT2D eigenvalue weighted by Gasteiger charge is -2.14. The van der Waals surface area contributed by atoms with E-state index in [9.17, 15) is 4.79 Å². The first-order chi connectivity index (χ1) is 13.7. The van der Waals surface area contributed by atoms with Crippen molar-refractivity contribution in [2.75, 3.05) is 20.7 Å². The van der Waals surface area contributed by atoms with Crippen LogP contribution >= 0.6 is 24.0 Å². The fraction of sp³-hybridized carbons (Fsp3) is 0.364. The molecule has 2 rings (SSSR count). The average Bonchev–Trinajstić information content (AvgIpc) is 2.74. The third-order valence-corrected chi connectivity index (χ3v) is 4.35. The maximum atomic E-state index is 12.0. The fourth-order valence-corrected chi connectivity index (χ4v) is 2.69. The van der Waals surface area contributed by atoms with E-state index in [0.717, 1.165) is 29.7 Å². The van der Waals surface area contributed by atoms with Crippen molar-refractivity contribution in [3.05, 3.63) is 65.2 Å². The van der Waals surface area contributed by atoms with E-state index in [1.807, 2.05) is 48.5 Å². The molecule has 0 aliphatic carbocycles. The van der Waals surface area contributed by atoms with E-state index in [0.29, 0.717) is 31.2 Å². The van der Waals surface area contributed by atoms with Crippen molar-refractivity contribution in [1.82, 2.24) is 16.0 Å². The number of guanidine groups is 1. The monoisotopic (exact) mass is 510 g/mol. The van der Waals surface area contributed by atoms with Crippen LogP contribution in [0.1, 0.15) is 41.3 Å². The van der Waals surface area contributed by atoms with Gasteiger partial charge in [0.05, 0.1) is 7.11 Å². The number of unbranched alkanes of at least 4 members (excludes halogenated alkanes) is 1. The van der Waals surface area contributed by atoms with Gasteiger partial charge in [0.1, 0.15) is 5.75 Å². The number of carbonyl (C=O) groups is 1. The van der Waals surface area contributed by atoms with Gasteiger partial charge in [-0.25, -0.2) is 0 Å². The number of para-hydroxylation sites is 1. The quantitative estimate of drug-likeness (QED) is 0.208. The molecule has 0 aliphatic heterocycles. The van der Waals surface area contributed by atoms with Crippen molar-refractivity contribution in [2.45, 2.75) is 32.9 Å². The molecular formula is C22H31IN4O2. The summed E-state index contributed by atoms with van der Waals surface area (Å²) < 4.78 is 5.37. The zero-order valence-corrected chi connectivity index (χ0v) is 19.7. The zero-order valence-electron chi connectivity index (χ0n) is 17.3. The molecule has 0 bridgehead atoms. The highest BCUT2D eigenvalue weighted by molar-refractivity contribution is 14.0. The van der Waals surface area contributed by atoms with Gasteiger partial charge < -0.3 is 20.7 Å². The van der Waals surface area contributed by atoms with E-state index >= 15 is 0 Å². The Morgan fingerprint density at radius 2 is 1.69 bits per heavy atom. The molecule has 0 heterocycles. The predicted octanol–water partition coefficient (Wildman–Crippen LogP) is 3.71. The highest BCUT2D eigenvalue weighted by Gasteiger charge is 2.06. The number of ether oxygens (including phenoxy) is 1. The lowest BCUT2D eigenvalue weighted by atomic mass is 10.1. The second kappa shape index (κ2) is 13.8. The van der Waals surface area contributed by atoms with E-state index in [2.05, 4.69) is 27.9 Å². The van der Waals surface area contributed by atoms with Crippen LogP contribution in [0.15, 0.2) is 53.5 Å². The zero-order chi connectivity index (χ0) is 20.2. The molecule has 0 unspecified atom stereocenters. The maximum absolute atomic E-state index is 12.0. The highest BCUT2D eigenvalue weighted by Crippen LogP contribution is 2.16. The Morgan fingerprint density at radius 3 is 2.34 bits per heavy atom. The second-order valence-electron chi connectivity index (χ2n) is 6.40. The Balaban J connectivity index is 0.00000420. The number of carbonyl (C=O) groups excluding carboxylic acids is 1. The molecule has 0 spiro atoms. The molecule has 3 N–H and O–H groups in total. The smallest absolute Gasteiger partial charge is 0.251 e. The summed E-state index contributed by atoms with van der Waals surface area (Å²) in [5, 5.41) is 9.49. The number of hydrogen-bond acceptors (Lipinski definition) is 3. The standard InChI is InChI=1S/C22H30N4O2.HI/c1-4-5-14-24-21(27)18-12-10-17(11-13-18)15-25-22(23-2)26-16-19-8-6-7-9-20(19)28-3;/h6-13H,4-5,14-16H2,1-3H3,(H,24,27)(H2,23,25,26);1H. The second-order valence-corrected chi connectivity index (χ2v) is 6.40. The number of halogens is 1. The summed E-state index contributed by atoms with van der Waals surface area (Å²) in [4.78, 5) is 16.3. The summed E-state index contributed by atoms with van der Waals surface area (Å²) in [6.07, 6.45) is 2.06. The molecular weight excluding hydrogens is 479 g/mol. The van der Waals surface area contributed by atoms with E-state index in [4.69, 9.17) is 4.74 Å². The molecule has 1 amide bonds. The third-order valence-electron chi connectivity index (χ3n) is 4.35. The van der Waals surface area contributed by atoms with Crippen molar-refractivity contribution in [1.29, 1.82) is 0 Å². The lowest BCUT2D eigenvalue weighted by Crippen LogP contribution is -2.36. The van der Waals surface area contributed by atoms with Gasteiger partial charge in [-0.2, -0.15) is 0 Å². The SMILES string of the molecule is CCCCNC(=O)c1ccc(CNC(=NC)NCc2ccccc2OC)cc1.I. The Morgan fingerprint density at radius 1 is 1.00 bits per heavy atom. The van der Waals surface area contributed by atoms with E-state index in [-0.39, 0.29) is 29.9 Å². The summed E-state index contributed by atoms with van der Waals surface area (Å²) in [5.41, 5.74) is 2.82. The van der Waals surface area contributed by atoms with Gasteiger partial charge in [-0.3, -0.25) is 9.79 Å². The van der Waals surface area contributed by atoms with E-state index in [1.54, 1.807) is 14.2 Å². The first-order valence-corrected chi connectivity index (χ1v) is 9.61. The molecule has 7 heteroatoms. The van der Waals surface area contributed by atoms with E-state index < -0.39 is 0 Å². The van der Waals surface area contributed by atoms with Crippen LogP contribution in [-0.2, 0) is 13.1 Å². The van der Waals surface area contributed by atoms with Gasteiger partial charge in [-0.1, -0.05) is 43.7 Å². The van der Waals surface area contributed by atoms with Crippen LogP contribution in [0.25, 0.3) is 0 Å². The number of benzene rings is 2. The van der Waals surface area contributed by atoms with Gasteiger partial charge in [-0.05, 0) is 30.2 Å². The largest absolute Gasteiger partial charge is 0.496 e. The first-order valence-electron chi connectivity index (χ1n) is 9.61. The van der Waals surface area contributed by atoms with Gasteiger partial charge in [0.15, 0.2) is 5.96 Å². The summed E-state index contributed by atoms with van der Waals surface area (Å²) >= 11 is 0. The molecule has 0 fully saturated rings. The lowest BCUT2D eigenvalue weighted by molar-refractivity contribution is 0.0953. The molecule has 0 saturated carbocycles. The van der Waals surface area contributed by atoms with E-state index in [1.165, 1.54) is 0 Å². The van der Waals surface area contributed by atoms with Crippen LogP contribution in [-0.4, -0.2) is 32.6 Å². The maximum Gasteiger partial charge on any atom is 0.251 e. The van der Waals surface area contributed by atoms with Gasteiger partial charge in [0, 0.05) is 37.8 Å². The molecule has 6 nitrogen and oxygen atoms in total. The average molecular weight is 510 g/mol. The minimum absolute atomic E-state index is 0. The van der Waals surface area contributed by atoms with Crippen LogP contribution < -0.4 is 20.7 Å². The predicted molar refractivity (Wildman–Crippen MR) is 129 cm³/mol. The van der Waals surface area contributed by atoms with Crippen LogP contribution in [0, 0.1) is 0 Å². The summed E-state index contributed by atoms with van der Waals surface area (Å²) in [7, 11) is 3.40. The molecule has 0 atom stereocenters. The number of methoxy groups -OCH3 is 1. The molecule has 2 aromatic carbocycles. The van der Waals surface area contributed by atoms with Crippen molar-refractivity contribution < 1.29 is 9.53 Å². The Hall–Kier alpha value is -2.29. The van der Waals surface area contributed by atoms with Crippen molar-refractivity contribution in [3.8, 4) is 5.75 Å². The molecule has 158 valence electrons. The number of aliphatic imine (C=N–C) groups is 1. The fourth-order valence-electron chi connectivity index (χ4n) is 2.69. The van der Waals surface area contributed by atoms with Crippen molar-refractivity contribution in [2.24, 2.45) is 4.99 Å². The molecule has 0 aromatic heterocycles. The third kappa shape index (κ3) is 8.31. The Kier molecular flexibility index (Phi) is 11.8. The molecule has 0 saturated heterocycles. The van der Waals surface area contributed by atoms with Crippen LogP contribution in [0.4, 0.5) is 0 Å². The van der Waals surface area contributed by atoms with Crippen LogP contribution in [0.3, 0.4) is 0 Å². The summed E-state index contributed by atoms with van der Waals surface area (Å²) in [6, 6.07) is 15.5. The minimum atomic E-state index is -0.0257. The molecule has 0 radical (unpaired) electrons. The van der Waals surface area contributed by atoms with Gasteiger partial charge in [-0.15, -0.1) is 24.0 Å². The topological polar surface area (TPSA) is 74.8 Å². The number of rotatable bonds is 9. The van der Waals surface area contributed by atoms with Gasteiger partial charge in [0.2, 0.25) is 0 Å². The van der Waals surface area contributed by atoms with Crippen molar-refractivity contribution in [3.63, 3.8) is 0 Å². The Bertz CT molecular complexity index is 779. The molecule has 0 aliphatic rings. The normalized spacial score (nSPS) is 10.7. The summed E-state index contributed by atoms with van der Waals surface area (Å²) in [6.45, 7) is 4.05. The number of nitrogens with zero attached hydrogens (tertiary/aromatic N) is 1. The molecule has 2 aromatic rings. The van der Waals surface area contributed by atoms with Crippen molar-refractivity contribution >= 4 is 35.8 Å². The summed E-state index contributed by atoms with van der Waals surface area (Å²) in [5.74, 6) is 1.52. The van der Waals surface area contributed by atoms with Crippen LogP contribution in [0.5, 0.6) is 5.75 Å². The number of nitrogens with one attached hydrogen (secondary N) is 3. The van der Waals surface area contributed by atoms with Gasteiger partial charge >= 0.3 is 0 Å². The Labute approximate surface area is 190 Å². The number of amides is 1. The minimum Gasteiger partial charge on any atom is -0.496 e.